The molecule has 3 aromatic rings. The molecule has 2 N–H and O–H groups in total. The second-order valence-corrected chi connectivity index (χ2v) is 4.28. The van der Waals surface area contributed by atoms with Crippen LogP contribution in [0.15, 0.2) is 40.8 Å². The molecule has 1 aromatic heterocycles. The highest BCUT2D eigenvalue weighted by Crippen LogP contribution is 2.29. The van der Waals surface area contributed by atoms with Crippen molar-refractivity contribution in [1.29, 1.82) is 0 Å². The Kier molecular flexibility index (Phi) is 2.36. The Morgan fingerprint density at radius 3 is 2.65 bits per heavy atom. The Hall–Kier alpha value is -1.49. The highest BCUT2D eigenvalue weighted by Gasteiger charge is 2.18. The average molecular weight is 246 g/mol. The smallest absolute Gasteiger partial charge is 0.456 e. The maximum Gasteiger partial charge on any atom is 0.492 e. The van der Waals surface area contributed by atoms with Crippen LogP contribution in [0.4, 0.5) is 0 Å². The predicted octanol–water partition coefficient (Wildman–Crippen LogP) is 1.92. The predicted molar refractivity (Wildman–Crippen MR) is 68.6 cm³/mol. The van der Waals surface area contributed by atoms with Crippen molar-refractivity contribution in [2.45, 2.75) is 0 Å². The number of benzene rings is 2. The highest BCUT2D eigenvalue weighted by molar-refractivity contribution is 6.61. The molecule has 0 atom stereocenters. The second-order valence-electron chi connectivity index (χ2n) is 3.84. The number of para-hydroxylation sites is 1. The Morgan fingerprint density at radius 2 is 1.88 bits per heavy atom. The molecular formula is C12H8BClO3. The van der Waals surface area contributed by atoms with E-state index in [0.29, 0.717) is 21.7 Å². The highest BCUT2D eigenvalue weighted by atomic mass is 35.5. The lowest BCUT2D eigenvalue weighted by Gasteiger charge is -1.98. The van der Waals surface area contributed by atoms with Gasteiger partial charge in [-0.3, -0.25) is 0 Å². The third-order valence-electron chi connectivity index (χ3n) is 2.77. The van der Waals surface area contributed by atoms with E-state index >= 15 is 0 Å². The summed E-state index contributed by atoms with van der Waals surface area (Å²) in [5.41, 5.74) is 1.52. The molecule has 0 unspecified atom stereocenters. The minimum absolute atomic E-state index is 0.356. The molecular weight excluding hydrogens is 238 g/mol. The minimum atomic E-state index is -1.55. The summed E-state index contributed by atoms with van der Waals surface area (Å²) in [6.07, 6.45) is 0. The van der Waals surface area contributed by atoms with Crippen LogP contribution in [-0.4, -0.2) is 17.2 Å². The third kappa shape index (κ3) is 1.62. The molecule has 0 fully saturated rings. The van der Waals surface area contributed by atoms with Crippen molar-refractivity contribution in [3.63, 3.8) is 0 Å². The van der Waals surface area contributed by atoms with Crippen molar-refractivity contribution in [3.8, 4) is 0 Å². The standard InChI is InChI=1S/C12H8BClO3/c14-7-4-5-11-9(6-7)8-2-1-3-10(13(15)16)12(8)17-11/h1-6,15-16H. The summed E-state index contributed by atoms with van der Waals surface area (Å²) in [5, 5.41) is 20.9. The van der Waals surface area contributed by atoms with E-state index in [2.05, 4.69) is 0 Å². The van der Waals surface area contributed by atoms with E-state index in [1.165, 1.54) is 0 Å². The Labute approximate surface area is 102 Å². The first-order valence-electron chi connectivity index (χ1n) is 5.13. The first kappa shape index (κ1) is 10.7. The molecule has 0 aliphatic carbocycles. The first-order chi connectivity index (χ1) is 8.16. The summed E-state index contributed by atoms with van der Waals surface area (Å²) in [4.78, 5) is 0. The Morgan fingerprint density at radius 1 is 1.06 bits per heavy atom. The SMILES string of the molecule is OB(O)c1cccc2c1oc1ccc(Cl)cc12. The van der Waals surface area contributed by atoms with Crippen molar-refractivity contribution < 1.29 is 14.5 Å². The normalized spacial score (nSPS) is 11.2. The summed E-state index contributed by atoms with van der Waals surface area (Å²) >= 11 is 5.94. The second kappa shape index (κ2) is 3.77. The van der Waals surface area contributed by atoms with Crippen LogP contribution in [0.1, 0.15) is 0 Å². The third-order valence-corrected chi connectivity index (χ3v) is 3.00. The van der Waals surface area contributed by atoms with Gasteiger partial charge in [-0.25, -0.2) is 0 Å². The van der Waals surface area contributed by atoms with E-state index in [1.807, 2.05) is 6.07 Å². The fourth-order valence-corrected chi connectivity index (χ4v) is 2.17. The van der Waals surface area contributed by atoms with Crippen LogP contribution in [0.5, 0.6) is 0 Å². The first-order valence-corrected chi connectivity index (χ1v) is 5.51. The van der Waals surface area contributed by atoms with Crippen LogP contribution in [0.3, 0.4) is 0 Å². The van der Waals surface area contributed by atoms with E-state index in [0.717, 1.165) is 10.8 Å². The van der Waals surface area contributed by atoms with Gasteiger partial charge in [-0.2, -0.15) is 0 Å². The van der Waals surface area contributed by atoms with Gasteiger partial charge in [-0.1, -0.05) is 29.8 Å². The van der Waals surface area contributed by atoms with Crippen LogP contribution in [0.2, 0.25) is 5.02 Å². The average Bonchev–Trinajstić information content (AvgIpc) is 2.66. The van der Waals surface area contributed by atoms with Gasteiger partial charge >= 0.3 is 7.12 Å². The molecule has 84 valence electrons. The molecule has 2 aromatic carbocycles. The van der Waals surface area contributed by atoms with E-state index in [9.17, 15) is 10.0 Å². The van der Waals surface area contributed by atoms with Crippen LogP contribution in [0, 0.1) is 0 Å². The lowest BCUT2D eigenvalue weighted by molar-refractivity contribution is 0.425. The number of halogens is 1. The fourth-order valence-electron chi connectivity index (χ4n) is 2.00. The zero-order valence-electron chi connectivity index (χ0n) is 8.72. The molecule has 0 bridgehead atoms. The maximum absolute atomic E-state index is 9.27. The fraction of sp³-hybridized carbons (Fsp3) is 0. The van der Waals surface area contributed by atoms with Crippen LogP contribution in [-0.2, 0) is 0 Å². The van der Waals surface area contributed by atoms with E-state index in [4.69, 9.17) is 16.0 Å². The van der Waals surface area contributed by atoms with Crippen molar-refractivity contribution in [2.24, 2.45) is 0 Å². The molecule has 17 heavy (non-hydrogen) atoms. The minimum Gasteiger partial charge on any atom is -0.456 e. The molecule has 3 rings (SSSR count). The van der Waals surface area contributed by atoms with Crippen molar-refractivity contribution in [2.75, 3.05) is 0 Å². The topological polar surface area (TPSA) is 53.6 Å². The lowest BCUT2D eigenvalue weighted by atomic mass is 9.79. The summed E-state index contributed by atoms with van der Waals surface area (Å²) in [6.45, 7) is 0. The number of hydrogen-bond donors (Lipinski definition) is 2. The molecule has 0 aliphatic heterocycles. The van der Waals surface area contributed by atoms with Gasteiger partial charge in [-0.05, 0) is 18.2 Å². The van der Waals surface area contributed by atoms with Gasteiger partial charge < -0.3 is 14.5 Å². The van der Waals surface area contributed by atoms with Crippen molar-refractivity contribution in [1.82, 2.24) is 0 Å². The quantitative estimate of drug-likeness (QED) is 0.645. The van der Waals surface area contributed by atoms with Crippen LogP contribution < -0.4 is 5.46 Å². The van der Waals surface area contributed by atoms with Gasteiger partial charge in [-0.15, -0.1) is 0 Å². The zero-order valence-corrected chi connectivity index (χ0v) is 9.48. The number of fused-ring (bicyclic) bond motifs is 3. The van der Waals surface area contributed by atoms with Crippen molar-refractivity contribution in [3.05, 3.63) is 41.4 Å². The summed E-state index contributed by atoms with van der Waals surface area (Å²) in [5.74, 6) is 0. The van der Waals surface area contributed by atoms with Crippen LogP contribution in [0.25, 0.3) is 21.9 Å². The molecule has 0 saturated carbocycles. The molecule has 0 spiro atoms. The van der Waals surface area contributed by atoms with Gasteiger partial charge in [0.2, 0.25) is 0 Å². The molecule has 3 nitrogen and oxygen atoms in total. The summed E-state index contributed by atoms with van der Waals surface area (Å²) < 4.78 is 5.62. The van der Waals surface area contributed by atoms with E-state index in [1.54, 1.807) is 30.3 Å². The monoisotopic (exact) mass is 246 g/mol. The van der Waals surface area contributed by atoms with Crippen LogP contribution >= 0.6 is 11.6 Å². The molecule has 0 amide bonds. The number of hydrogen-bond acceptors (Lipinski definition) is 3. The van der Waals surface area contributed by atoms with E-state index in [-0.39, 0.29) is 0 Å². The van der Waals surface area contributed by atoms with Gasteiger partial charge in [0.05, 0.1) is 0 Å². The molecule has 5 heteroatoms. The lowest BCUT2D eigenvalue weighted by Crippen LogP contribution is -2.29. The maximum atomic E-state index is 9.27. The number of furan rings is 1. The zero-order chi connectivity index (χ0) is 12.0. The summed E-state index contributed by atoms with van der Waals surface area (Å²) in [6, 6.07) is 10.6. The Bertz CT molecular complexity index is 705. The van der Waals surface area contributed by atoms with Gasteiger partial charge in [0.1, 0.15) is 11.2 Å². The molecule has 1 heterocycles. The van der Waals surface area contributed by atoms with E-state index < -0.39 is 7.12 Å². The Balaban J connectivity index is 2.47. The van der Waals surface area contributed by atoms with Gasteiger partial charge in [0.25, 0.3) is 0 Å². The van der Waals surface area contributed by atoms with Gasteiger partial charge in [0.15, 0.2) is 0 Å². The molecule has 0 radical (unpaired) electrons. The summed E-state index contributed by atoms with van der Waals surface area (Å²) in [7, 11) is -1.55. The van der Waals surface area contributed by atoms with Gasteiger partial charge in [0, 0.05) is 21.3 Å². The molecule has 0 saturated heterocycles. The largest absolute Gasteiger partial charge is 0.492 e. The number of rotatable bonds is 1. The molecule has 0 aliphatic rings. The van der Waals surface area contributed by atoms with Crippen molar-refractivity contribution >= 4 is 46.1 Å².